The zero-order valence-corrected chi connectivity index (χ0v) is 10.8. The van der Waals surface area contributed by atoms with Crippen molar-refractivity contribution in [1.82, 2.24) is 9.55 Å². The molecule has 74 valence electrons. The maximum absolute atomic E-state index is 5.18. The zero-order chi connectivity index (χ0) is 10.1. The van der Waals surface area contributed by atoms with E-state index in [-0.39, 0.29) is 0 Å². The Morgan fingerprint density at radius 2 is 2.36 bits per heavy atom. The van der Waals surface area contributed by atoms with Gasteiger partial charge in [-0.05, 0) is 47.2 Å². The first-order chi connectivity index (χ1) is 6.65. The van der Waals surface area contributed by atoms with Gasteiger partial charge in [0, 0.05) is 16.8 Å². The molecule has 0 saturated carbocycles. The third-order valence-corrected chi connectivity index (χ3v) is 3.81. The van der Waals surface area contributed by atoms with Crippen molar-refractivity contribution in [3.63, 3.8) is 0 Å². The molecule has 1 N–H and O–H groups in total. The van der Waals surface area contributed by atoms with E-state index >= 15 is 0 Å². The normalized spacial score (nSPS) is 10.7. The van der Waals surface area contributed by atoms with Crippen LogP contribution >= 0.6 is 39.5 Å². The summed E-state index contributed by atoms with van der Waals surface area (Å²) in [5.74, 6) is 0. The molecule has 2 heterocycles. The van der Waals surface area contributed by atoms with Gasteiger partial charge >= 0.3 is 0 Å². The second-order valence-electron chi connectivity index (χ2n) is 3.08. The monoisotopic (exact) mass is 288 g/mol. The van der Waals surface area contributed by atoms with E-state index in [9.17, 15) is 0 Å². The molecule has 2 aromatic rings. The Morgan fingerprint density at radius 1 is 1.57 bits per heavy atom. The average molecular weight is 289 g/mol. The molecule has 14 heavy (non-hydrogen) atoms. The average Bonchev–Trinajstić information content (AvgIpc) is 2.61. The highest BCUT2D eigenvalue weighted by molar-refractivity contribution is 9.11. The second-order valence-corrected chi connectivity index (χ2v) is 6.01. The van der Waals surface area contributed by atoms with Crippen LogP contribution in [0.5, 0.6) is 0 Å². The van der Waals surface area contributed by atoms with Gasteiger partial charge in [-0.1, -0.05) is 0 Å². The van der Waals surface area contributed by atoms with Gasteiger partial charge in [0.05, 0.1) is 10.3 Å². The van der Waals surface area contributed by atoms with Crippen LogP contribution < -0.4 is 0 Å². The maximum Gasteiger partial charge on any atom is 0.177 e. The quantitative estimate of drug-likeness (QED) is 0.836. The van der Waals surface area contributed by atoms with Crippen LogP contribution in [0.4, 0.5) is 0 Å². The van der Waals surface area contributed by atoms with Gasteiger partial charge in [-0.2, -0.15) is 0 Å². The van der Waals surface area contributed by atoms with Crippen molar-refractivity contribution in [3.8, 4) is 0 Å². The molecular weight excluding hydrogens is 280 g/mol. The maximum atomic E-state index is 5.18. The van der Waals surface area contributed by atoms with Gasteiger partial charge in [0.15, 0.2) is 4.77 Å². The van der Waals surface area contributed by atoms with Crippen molar-refractivity contribution >= 4 is 39.5 Å². The third kappa shape index (κ3) is 2.16. The lowest BCUT2D eigenvalue weighted by Gasteiger charge is -1.97. The van der Waals surface area contributed by atoms with E-state index in [1.807, 2.05) is 17.7 Å². The minimum Gasteiger partial charge on any atom is -0.335 e. The molecule has 0 aliphatic carbocycles. The van der Waals surface area contributed by atoms with Crippen LogP contribution in [-0.4, -0.2) is 9.55 Å². The van der Waals surface area contributed by atoms with E-state index in [1.54, 1.807) is 11.3 Å². The summed E-state index contributed by atoms with van der Waals surface area (Å²) in [5, 5.41) is 0. The lowest BCUT2D eigenvalue weighted by Crippen LogP contribution is -1.95. The molecule has 5 heteroatoms. The van der Waals surface area contributed by atoms with Crippen LogP contribution in [0.25, 0.3) is 0 Å². The molecule has 2 nitrogen and oxygen atoms in total. The molecule has 0 saturated heterocycles. The van der Waals surface area contributed by atoms with Gasteiger partial charge in [-0.3, -0.25) is 0 Å². The van der Waals surface area contributed by atoms with E-state index < -0.39 is 0 Å². The lowest BCUT2D eigenvalue weighted by atomic mass is 10.4. The van der Waals surface area contributed by atoms with Gasteiger partial charge in [-0.25, -0.2) is 0 Å². The lowest BCUT2D eigenvalue weighted by molar-refractivity contribution is 0.795. The molecule has 0 unspecified atom stereocenters. The number of rotatable bonds is 2. The number of H-pyrrole nitrogens is 1. The Balaban J connectivity index is 2.26. The summed E-state index contributed by atoms with van der Waals surface area (Å²) in [6.45, 7) is 2.86. The van der Waals surface area contributed by atoms with Crippen LogP contribution in [0.2, 0.25) is 0 Å². The molecule has 0 aliphatic rings. The Labute approximate surface area is 99.7 Å². The van der Waals surface area contributed by atoms with Crippen molar-refractivity contribution in [2.24, 2.45) is 0 Å². The van der Waals surface area contributed by atoms with Gasteiger partial charge in [0.2, 0.25) is 0 Å². The van der Waals surface area contributed by atoms with E-state index in [0.29, 0.717) is 0 Å². The summed E-state index contributed by atoms with van der Waals surface area (Å²) in [7, 11) is 0. The van der Waals surface area contributed by atoms with Crippen molar-refractivity contribution in [3.05, 3.63) is 37.5 Å². The largest absolute Gasteiger partial charge is 0.335 e. The molecule has 0 atom stereocenters. The first-order valence-electron chi connectivity index (χ1n) is 4.15. The fourth-order valence-electron chi connectivity index (χ4n) is 1.29. The number of halogens is 1. The van der Waals surface area contributed by atoms with Gasteiger partial charge < -0.3 is 9.55 Å². The molecule has 0 amide bonds. The first-order valence-corrected chi connectivity index (χ1v) is 6.17. The number of aromatic amines is 1. The summed E-state index contributed by atoms with van der Waals surface area (Å²) in [4.78, 5) is 4.40. The standard InChI is InChI=1S/C9H9BrN2S2/c1-6-4-12(9(13)11-6)5-7-2-3-8(10)14-7/h2-4H,5H2,1H3,(H,11,13). The van der Waals surface area contributed by atoms with Crippen LogP contribution in [0, 0.1) is 11.7 Å². The number of aryl methyl sites for hydroxylation is 1. The van der Waals surface area contributed by atoms with E-state index in [0.717, 1.165) is 20.8 Å². The molecule has 0 aliphatic heterocycles. The van der Waals surface area contributed by atoms with E-state index in [2.05, 4.69) is 33.0 Å². The van der Waals surface area contributed by atoms with Gasteiger partial charge in [0.1, 0.15) is 0 Å². The van der Waals surface area contributed by atoms with Crippen LogP contribution in [0.15, 0.2) is 22.1 Å². The summed E-state index contributed by atoms with van der Waals surface area (Å²) >= 11 is 10.4. The molecule has 2 aromatic heterocycles. The fourth-order valence-corrected chi connectivity index (χ4v) is 3.05. The van der Waals surface area contributed by atoms with E-state index in [1.165, 1.54) is 4.88 Å². The molecule has 0 aromatic carbocycles. The molecule has 0 bridgehead atoms. The summed E-state index contributed by atoms with van der Waals surface area (Å²) < 4.78 is 3.99. The summed E-state index contributed by atoms with van der Waals surface area (Å²) in [6, 6.07) is 4.17. The fraction of sp³-hybridized carbons (Fsp3) is 0.222. The smallest absolute Gasteiger partial charge is 0.177 e. The Hall–Kier alpha value is -0.390. The molecule has 2 rings (SSSR count). The molecule has 0 spiro atoms. The highest BCUT2D eigenvalue weighted by atomic mass is 79.9. The van der Waals surface area contributed by atoms with Crippen molar-refractivity contribution in [1.29, 1.82) is 0 Å². The van der Waals surface area contributed by atoms with Crippen LogP contribution in [0.1, 0.15) is 10.6 Å². The van der Waals surface area contributed by atoms with Crippen LogP contribution in [-0.2, 0) is 6.54 Å². The van der Waals surface area contributed by atoms with Crippen molar-refractivity contribution in [2.45, 2.75) is 13.5 Å². The number of nitrogens with one attached hydrogen (secondary N) is 1. The summed E-state index contributed by atoms with van der Waals surface area (Å²) in [5.41, 5.74) is 1.10. The number of nitrogens with zero attached hydrogens (tertiary/aromatic N) is 1. The SMILES string of the molecule is Cc1cn(Cc2ccc(Br)s2)c(=S)[nH]1. The molecule has 0 fully saturated rings. The number of thiophene rings is 1. The Bertz CT molecular complexity index is 495. The Morgan fingerprint density at radius 3 is 2.86 bits per heavy atom. The van der Waals surface area contributed by atoms with Crippen molar-refractivity contribution in [2.75, 3.05) is 0 Å². The highest BCUT2D eigenvalue weighted by Crippen LogP contribution is 2.22. The summed E-state index contributed by atoms with van der Waals surface area (Å²) in [6.07, 6.45) is 2.04. The minimum atomic E-state index is 0.784. The van der Waals surface area contributed by atoms with E-state index in [4.69, 9.17) is 12.2 Å². The van der Waals surface area contributed by atoms with Gasteiger partial charge in [-0.15, -0.1) is 11.3 Å². The highest BCUT2D eigenvalue weighted by Gasteiger charge is 2.00. The van der Waals surface area contributed by atoms with Crippen molar-refractivity contribution < 1.29 is 0 Å². The number of hydrogen-bond donors (Lipinski definition) is 1. The topological polar surface area (TPSA) is 20.7 Å². The molecular formula is C9H9BrN2S2. The predicted octanol–water partition coefficient (Wildman–Crippen LogP) is 3.73. The number of aromatic nitrogens is 2. The van der Waals surface area contributed by atoms with Gasteiger partial charge in [0.25, 0.3) is 0 Å². The van der Waals surface area contributed by atoms with Crippen LogP contribution in [0.3, 0.4) is 0 Å². The second kappa shape index (κ2) is 4.00. The zero-order valence-electron chi connectivity index (χ0n) is 7.58. The minimum absolute atomic E-state index is 0.784. The number of imidazole rings is 1. The Kier molecular flexibility index (Phi) is 2.90. The molecule has 0 radical (unpaired) electrons. The third-order valence-electron chi connectivity index (χ3n) is 1.87. The first kappa shape index (κ1) is 10.1. The number of hydrogen-bond acceptors (Lipinski definition) is 2. The predicted molar refractivity (Wildman–Crippen MR) is 65.5 cm³/mol.